The fourth-order valence-electron chi connectivity index (χ4n) is 3.19. The molecule has 0 amide bonds. The zero-order valence-corrected chi connectivity index (χ0v) is 14.3. The summed E-state index contributed by atoms with van der Waals surface area (Å²) in [5.74, 6) is 2.04. The Bertz CT molecular complexity index is 416. The smallest absolute Gasteiger partial charge is 0.131 e. The maximum atomic E-state index is 4.53. The monoisotopic (exact) mass is 332 g/mol. The van der Waals surface area contributed by atoms with Crippen molar-refractivity contribution in [2.75, 3.05) is 50.7 Å². The van der Waals surface area contributed by atoms with Crippen molar-refractivity contribution in [2.45, 2.75) is 13.3 Å². The molecule has 3 rings (SSSR count). The van der Waals surface area contributed by atoms with Gasteiger partial charge in [-0.3, -0.25) is 4.90 Å². The largest absolute Gasteiger partial charge is 0.354 e. The molecule has 3 heterocycles. The van der Waals surface area contributed by atoms with Crippen LogP contribution in [0, 0.1) is 12.8 Å². The van der Waals surface area contributed by atoms with Crippen LogP contribution in [0.15, 0.2) is 18.3 Å². The van der Waals surface area contributed by atoms with Gasteiger partial charge in [0.15, 0.2) is 0 Å². The lowest BCUT2D eigenvalue weighted by Crippen LogP contribution is -2.48. The molecule has 1 aromatic rings. The van der Waals surface area contributed by atoms with Crippen LogP contribution >= 0.6 is 24.8 Å². The van der Waals surface area contributed by atoms with Crippen LogP contribution in [0.1, 0.15) is 12.0 Å². The number of hydrogen-bond donors (Lipinski definition) is 1. The van der Waals surface area contributed by atoms with Crippen LogP contribution in [0.4, 0.5) is 5.82 Å². The molecule has 21 heavy (non-hydrogen) atoms. The molecular formula is C15H26Cl2N4. The highest BCUT2D eigenvalue weighted by molar-refractivity contribution is 5.85. The zero-order valence-electron chi connectivity index (χ0n) is 12.6. The summed E-state index contributed by atoms with van der Waals surface area (Å²) in [4.78, 5) is 9.57. The van der Waals surface area contributed by atoms with Gasteiger partial charge in [0.05, 0.1) is 0 Å². The van der Waals surface area contributed by atoms with Gasteiger partial charge < -0.3 is 10.2 Å². The van der Waals surface area contributed by atoms with Crippen molar-refractivity contribution >= 4 is 30.6 Å². The van der Waals surface area contributed by atoms with Crippen molar-refractivity contribution in [3.63, 3.8) is 0 Å². The van der Waals surface area contributed by atoms with Crippen molar-refractivity contribution in [3.05, 3.63) is 23.9 Å². The molecule has 4 nitrogen and oxygen atoms in total. The second-order valence-electron chi connectivity index (χ2n) is 5.79. The van der Waals surface area contributed by atoms with E-state index in [0.717, 1.165) is 19.0 Å². The number of nitrogens with zero attached hydrogens (tertiary/aromatic N) is 3. The van der Waals surface area contributed by atoms with Gasteiger partial charge in [-0.05, 0) is 44.0 Å². The maximum absolute atomic E-state index is 4.53. The predicted molar refractivity (Wildman–Crippen MR) is 93.1 cm³/mol. The van der Waals surface area contributed by atoms with E-state index < -0.39 is 0 Å². The summed E-state index contributed by atoms with van der Waals surface area (Å²) in [5.41, 5.74) is 1.29. The fourth-order valence-corrected chi connectivity index (χ4v) is 3.19. The number of nitrogens with one attached hydrogen (secondary N) is 1. The number of piperazine rings is 1. The van der Waals surface area contributed by atoms with Crippen molar-refractivity contribution in [1.82, 2.24) is 15.2 Å². The van der Waals surface area contributed by atoms with E-state index in [9.17, 15) is 0 Å². The first-order valence-corrected chi connectivity index (χ1v) is 7.42. The summed E-state index contributed by atoms with van der Waals surface area (Å²) in [7, 11) is 0. The third kappa shape index (κ3) is 4.71. The molecule has 2 aliphatic rings. The maximum Gasteiger partial charge on any atom is 0.131 e. The number of aryl methyl sites for hydroxylation is 1. The molecule has 6 heteroatoms. The molecule has 2 fully saturated rings. The van der Waals surface area contributed by atoms with Crippen LogP contribution in [0.2, 0.25) is 0 Å². The normalized spacial score (nSPS) is 22.5. The number of pyridine rings is 1. The van der Waals surface area contributed by atoms with Crippen LogP contribution < -0.4 is 10.2 Å². The summed E-state index contributed by atoms with van der Waals surface area (Å²) in [6.45, 7) is 10.4. The molecule has 0 aromatic carbocycles. The van der Waals surface area contributed by atoms with Crippen LogP contribution in [-0.4, -0.2) is 55.7 Å². The highest BCUT2D eigenvalue weighted by Gasteiger charge is 2.23. The van der Waals surface area contributed by atoms with E-state index in [0.29, 0.717) is 0 Å². The van der Waals surface area contributed by atoms with Gasteiger partial charge in [-0.1, -0.05) is 6.07 Å². The Morgan fingerprint density at radius 1 is 1.24 bits per heavy atom. The molecule has 1 aromatic heterocycles. The average Bonchev–Trinajstić information content (AvgIpc) is 2.93. The first kappa shape index (κ1) is 18.5. The Labute approximate surface area is 140 Å². The van der Waals surface area contributed by atoms with E-state index in [1.807, 2.05) is 12.3 Å². The lowest BCUT2D eigenvalue weighted by Gasteiger charge is -2.37. The lowest BCUT2D eigenvalue weighted by atomic mass is 10.1. The number of rotatable bonds is 3. The van der Waals surface area contributed by atoms with Crippen LogP contribution in [0.5, 0.6) is 0 Å². The first-order chi connectivity index (χ1) is 9.33. The van der Waals surface area contributed by atoms with Gasteiger partial charge in [0.25, 0.3) is 0 Å². The zero-order chi connectivity index (χ0) is 13.1. The molecule has 0 saturated carbocycles. The minimum absolute atomic E-state index is 0. The topological polar surface area (TPSA) is 31.4 Å². The van der Waals surface area contributed by atoms with Crippen LogP contribution in [-0.2, 0) is 0 Å². The Morgan fingerprint density at radius 3 is 2.62 bits per heavy atom. The standard InChI is InChI=1S/C15H24N4.2ClH/c1-13-3-2-5-17-15(13)19-9-7-18(8-10-19)12-14-4-6-16-11-14;;/h2-3,5,14,16H,4,6-12H2,1H3;2*1H. The van der Waals surface area contributed by atoms with E-state index in [1.165, 1.54) is 50.5 Å². The molecular weight excluding hydrogens is 307 g/mol. The van der Waals surface area contributed by atoms with Crippen molar-refractivity contribution in [3.8, 4) is 0 Å². The Morgan fingerprint density at radius 2 is 2.00 bits per heavy atom. The van der Waals surface area contributed by atoms with Gasteiger partial charge in [0.1, 0.15) is 5.82 Å². The second kappa shape index (κ2) is 8.79. The Balaban J connectivity index is 0.00000110. The molecule has 0 bridgehead atoms. The molecule has 120 valence electrons. The quantitative estimate of drug-likeness (QED) is 0.916. The van der Waals surface area contributed by atoms with E-state index in [4.69, 9.17) is 0 Å². The van der Waals surface area contributed by atoms with Gasteiger partial charge in [0, 0.05) is 38.9 Å². The average molecular weight is 333 g/mol. The van der Waals surface area contributed by atoms with Gasteiger partial charge in [0.2, 0.25) is 0 Å². The van der Waals surface area contributed by atoms with Crippen molar-refractivity contribution < 1.29 is 0 Å². The van der Waals surface area contributed by atoms with Crippen LogP contribution in [0.25, 0.3) is 0 Å². The van der Waals surface area contributed by atoms with Crippen LogP contribution in [0.3, 0.4) is 0 Å². The summed E-state index contributed by atoms with van der Waals surface area (Å²) < 4.78 is 0. The SMILES string of the molecule is Cc1cccnc1N1CCN(CC2CCNC2)CC1.Cl.Cl. The highest BCUT2D eigenvalue weighted by Crippen LogP contribution is 2.18. The third-order valence-electron chi connectivity index (χ3n) is 4.33. The first-order valence-electron chi connectivity index (χ1n) is 7.42. The van der Waals surface area contributed by atoms with Crippen molar-refractivity contribution in [2.24, 2.45) is 5.92 Å². The Hall–Kier alpha value is -0.550. The number of aromatic nitrogens is 1. The number of hydrogen-bond acceptors (Lipinski definition) is 4. The van der Waals surface area contributed by atoms with Gasteiger partial charge in [-0.25, -0.2) is 4.98 Å². The van der Waals surface area contributed by atoms with Crippen molar-refractivity contribution in [1.29, 1.82) is 0 Å². The molecule has 2 saturated heterocycles. The highest BCUT2D eigenvalue weighted by atomic mass is 35.5. The molecule has 0 aliphatic carbocycles. The summed E-state index contributed by atoms with van der Waals surface area (Å²) in [6, 6.07) is 4.17. The molecule has 1 atom stereocenters. The van der Waals surface area contributed by atoms with Gasteiger partial charge >= 0.3 is 0 Å². The molecule has 0 spiro atoms. The van der Waals surface area contributed by atoms with E-state index in [-0.39, 0.29) is 24.8 Å². The minimum Gasteiger partial charge on any atom is -0.354 e. The summed E-state index contributed by atoms with van der Waals surface area (Å²) >= 11 is 0. The summed E-state index contributed by atoms with van der Waals surface area (Å²) in [6.07, 6.45) is 3.25. The molecule has 2 aliphatic heterocycles. The van der Waals surface area contributed by atoms with E-state index >= 15 is 0 Å². The fraction of sp³-hybridized carbons (Fsp3) is 0.667. The van der Waals surface area contributed by atoms with E-state index in [1.54, 1.807) is 0 Å². The lowest BCUT2D eigenvalue weighted by molar-refractivity contribution is 0.224. The number of halogens is 2. The molecule has 1 unspecified atom stereocenters. The summed E-state index contributed by atoms with van der Waals surface area (Å²) in [5, 5.41) is 3.46. The van der Waals surface area contributed by atoms with E-state index in [2.05, 4.69) is 33.1 Å². The number of anilines is 1. The van der Waals surface area contributed by atoms with Gasteiger partial charge in [-0.2, -0.15) is 0 Å². The predicted octanol–water partition coefficient (Wildman–Crippen LogP) is 1.97. The molecule has 1 N–H and O–H groups in total. The van der Waals surface area contributed by atoms with Gasteiger partial charge in [-0.15, -0.1) is 24.8 Å². The Kier molecular flexibility index (Phi) is 7.74. The minimum atomic E-state index is 0. The second-order valence-corrected chi connectivity index (χ2v) is 5.79. The molecule has 0 radical (unpaired) electrons. The third-order valence-corrected chi connectivity index (χ3v) is 4.33.